The lowest BCUT2D eigenvalue weighted by molar-refractivity contribution is -0.385. The van der Waals surface area contributed by atoms with Crippen LogP contribution in [0.15, 0.2) is 12.1 Å². The van der Waals surface area contributed by atoms with E-state index < -0.39 is 4.92 Å². The first-order chi connectivity index (χ1) is 7.72. The Morgan fingerprint density at radius 1 is 1.44 bits per heavy atom. The lowest BCUT2D eigenvalue weighted by atomic mass is 10.1. The van der Waals surface area contributed by atoms with Crippen LogP contribution in [0.1, 0.15) is 12.0 Å². The summed E-state index contributed by atoms with van der Waals surface area (Å²) >= 11 is 0. The Morgan fingerprint density at radius 3 is 2.94 bits per heavy atom. The van der Waals surface area contributed by atoms with E-state index in [9.17, 15) is 10.1 Å². The van der Waals surface area contributed by atoms with E-state index in [1.807, 2.05) is 0 Å². The highest BCUT2D eigenvalue weighted by Crippen LogP contribution is 2.41. The number of hydrogen-bond donors (Lipinski definition) is 1. The van der Waals surface area contributed by atoms with Crippen molar-refractivity contribution < 1.29 is 14.4 Å². The van der Waals surface area contributed by atoms with Crippen LogP contribution >= 0.6 is 0 Å². The second kappa shape index (κ2) is 4.36. The predicted octanol–water partition coefficient (Wildman–Crippen LogP) is 1.21. The molecule has 1 heterocycles. The molecule has 0 amide bonds. The van der Waals surface area contributed by atoms with Crippen LogP contribution in [0.25, 0.3) is 0 Å². The van der Waals surface area contributed by atoms with Gasteiger partial charge in [0, 0.05) is 6.07 Å². The van der Waals surface area contributed by atoms with Gasteiger partial charge in [-0.15, -0.1) is 0 Å². The topological polar surface area (TPSA) is 87.6 Å². The first kappa shape index (κ1) is 10.7. The molecule has 1 aliphatic heterocycles. The second-order valence-electron chi connectivity index (χ2n) is 3.50. The number of nitrogens with zero attached hydrogens (tertiary/aromatic N) is 1. The summed E-state index contributed by atoms with van der Waals surface area (Å²) in [5.74, 6) is 0.669. The van der Waals surface area contributed by atoms with Gasteiger partial charge in [0.2, 0.25) is 12.5 Å². The predicted molar refractivity (Wildman–Crippen MR) is 56.6 cm³/mol. The molecule has 0 saturated heterocycles. The third-order valence-electron chi connectivity index (χ3n) is 2.38. The van der Waals surface area contributed by atoms with Crippen molar-refractivity contribution in [1.29, 1.82) is 0 Å². The Labute approximate surface area is 92.1 Å². The van der Waals surface area contributed by atoms with Crippen LogP contribution in [-0.4, -0.2) is 18.3 Å². The van der Waals surface area contributed by atoms with Crippen LogP contribution in [-0.2, 0) is 6.42 Å². The molecule has 6 heteroatoms. The smallest absolute Gasteiger partial charge is 0.315 e. The van der Waals surface area contributed by atoms with Gasteiger partial charge in [-0.25, -0.2) is 0 Å². The molecule has 86 valence electrons. The number of fused-ring (bicyclic) bond motifs is 1. The Balaban J connectivity index is 2.36. The molecule has 2 rings (SSSR count). The highest BCUT2D eigenvalue weighted by molar-refractivity contribution is 5.59. The summed E-state index contributed by atoms with van der Waals surface area (Å²) in [5.41, 5.74) is 6.21. The summed E-state index contributed by atoms with van der Waals surface area (Å²) in [6, 6.07) is 3.29. The van der Waals surface area contributed by atoms with Crippen LogP contribution < -0.4 is 15.2 Å². The maximum atomic E-state index is 10.8. The van der Waals surface area contributed by atoms with Crippen LogP contribution in [0, 0.1) is 10.1 Å². The number of hydrogen-bond acceptors (Lipinski definition) is 5. The Bertz CT molecular complexity index is 420. The van der Waals surface area contributed by atoms with E-state index in [2.05, 4.69) is 0 Å². The number of ether oxygens (including phenoxy) is 2. The lowest BCUT2D eigenvalue weighted by Gasteiger charge is -2.03. The molecule has 0 aliphatic carbocycles. The SMILES string of the molecule is NCCCc1cc2c(c([N+](=O)[O-])c1)OCO2. The molecular weight excluding hydrogens is 212 g/mol. The molecule has 0 fully saturated rings. The maximum absolute atomic E-state index is 10.8. The van der Waals surface area contributed by atoms with Crippen molar-refractivity contribution in [2.45, 2.75) is 12.8 Å². The zero-order valence-corrected chi connectivity index (χ0v) is 8.64. The number of nitro groups is 1. The zero-order valence-electron chi connectivity index (χ0n) is 8.64. The monoisotopic (exact) mass is 224 g/mol. The van der Waals surface area contributed by atoms with E-state index >= 15 is 0 Å². The highest BCUT2D eigenvalue weighted by Gasteiger charge is 2.26. The molecule has 1 aromatic carbocycles. The minimum atomic E-state index is -0.459. The van der Waals surface area contributed by atoms with E-state index in [0.29, 0.717) is 18.7 Å². The van der Waals surface area contributed by atoms with Gasteiger partial charge in [0.05, 0.1) is 4.92 Å². The third kappa shape index (κ3) is 1.92. The lowest BCUT2D eigenvalue weighted by Crippen LogP contribution is -2.01. The van der Waals surface area contributed by atoms with Gasteiger partial charge < -0.3 is 15.2 Å². The van der Waals surface area contributed by atoms with Gasteiger partial charge in [-0.1, -0.05) is 0 Å². The average molecular weight is 224 g/mol. The molecule has 1 aromatic rings. The summed E-state index contributed by atoms with van der Waals surface area (Å²) in [5, 5.41) is 10.8. The van der Waals surface area contributed by atoms with Crippen molar-refractivity contribution in [3.8, 4) is 11.5 Å². The summed E-state index contributed by atoms with van der Waals surface area (Å²) in [6.45, 7) is 0.596. The molecule has 0 bridgehead atoms. The summed E-state index contributed by atoms with van der Waals surface area (Å²) in [6.07, 6.45) is 1.49. The summed E-state index contributed by atoms with van der Waals surface area (Å²) in [4.78, 5) is 10.4. The van der Waals surface area contributed by atoms with Crippen molar-refractivity contribution in [2.75, 3.05) is 13.3 Å². The van der Waals surface area contributed by atoms with Gasteiger partial charge in [-0.2, -0.15) is 0 Å². The summed E-state index contributed by atoms with van der Waals surface area (Å²) in [7, 11) is 0. The normalized spacial score (nSPS) is 12.8. The van der Waals surface area contributed by atoms with Crippen LogP contribution in [0.2, 0.25) is 0 Å². The van der Waals surface area contributed by atoms with E-state index in [0.717, 1.165) is 12.0 Å². The molecule has 0 spiro atoms. The molecule has 2 N–H and O–H groups in total. The number of nitro benzene ring substituents is 1. The average Bonchev–Trinajstić information content (AvgIpc) is 2.72. The third-order valence-corrected chi connectivity index (χ3v) is 2.38. The van der Waals surface area contributed by atoms with E-state index in [-0.39, 0.29) is 18.2 Å². The van der Waals surface area contributed by atoms with Gasteiger partial charge in [-0.3, -0.25) is 10.1 Å². The molecule has 0 atom stereocenters. The molecule has 0 radical (unpaired) electrons. The quantitative estimate of drug-likeness (QED) is 0.613. The van der Waals surface area contributed by atoms with Crippen molar-refractivity contribution in [3.63, 3.8) is 0 Å². The molecule has 0 aromatic heterocycles. The first-order valence-electron chi connectivity index (χ1n) is 4.99. The van der Waals surface area contributed by atoms with Crippen LogP contribution in [0.4, 0.5) is 5.69 Å². The van der Waals surface area contributed by atoms with Crippen molar-refractivity contribution >= 4 is 5.69 Å². The molecule has 6 nitrogen and oxygen atoms in total. The molecule has 0 saturated carbocycles. The Kier molecular flexibility index (Phi) is 2.91. The van der Waals surface area contributed by atoms with Gasteiger partial charge in [0.25, 0.3) is 0 Å². The van der Waals surface area contributed by atoms with Gasteiger partial charge in [-0.05, 0) is 31.0 Å². The molecular formula is C10H12N2O4. The zero-order chi connectivity index (χ0) is 11.5. The first-order valence-corrected chi connectivity index (χ1v) is 4.99. The van der Waals surface area contributed by atoms with Crippen LogP contribution in [0.3, 0.4) is 0 Å². The minimum absolute atomic E-state index is 0.0382. The second-order valence-corrected chi connectivity index (χ2v) is 3.50. The largest absolute Gasteiger partial charge is 0.453 e. The molecule has 1 aliphatic rings. The maximum Gasteiger partial charge on any atom is 0.315 e. The van der Waals surface area contributed by atoms with E-state index in [4.69, 9.17) is 15.2 Å². The van der Waals surface area contributed by atoms with Crippen molar-refractivity contribution in [1.82, 2.24) is 0 Å². The standard InChI is InChI=1S/C10H12N2O4/c11-3-1-2-7-4-8(12(13)14)10-9(5-7)15-6-16-10/h4-5H,1-3,6,11H2. The highest BCUT2D eigenvalue weighted by atomic mass is 16.7. The Morgan fingerprint density at radius 2 is 2.25 bits per heavy atom. The van der Waals surface area contributed by atoms with E-state index in [1.54, 1.807) is 6.07 Å². The number of rotatable bonds is 4. The number of benzene rings is 1. The minimum Gasteiger partial charge on any atom is -0.453 e. The fraction of sp³-hybridized carbons (Fsp3) is 0.400. The summed E-state index contributed by atoms with van der Waals surface area (Å²) < 4.78 is 10.2. The number of nitrogens with two attached hydrogens (primary N) is 1. The fourth-order valence-electron chi connectivity index (χ4n) is 1.63. The fourth-order valence-corrected chi connectivity index (χ4v) is 1.63. The van der Waals surface area contributed by atoms with Crippen LogP contribution in [0.5, 0.6) is 11.5 Å². The van der Waals surface area contributed by atoms with Gasteiger partial charge >= 0.3 is 5.69 Å². The van der Waals surface area contributed by atoms with Crippen molar-refractivity contribution in [2.24, 2.45) is 5.73 Å². The molecule has 0 unspecified atom stereocenters. The van der Waals surface area contributed by atoms with Crippen molar-refractivity contribution in [3.05, 3.63) is 27.8 Å². The van der Waals surface area contributed by atoms with E-state index in [1.165, 1.54) is 6.07 Å². The number of aryl methyl sites for hydroxylation is 1. The molecule has 16 heavy (non-hydrogen) atoms. The van der Waals surface area contributed by atoms with Gasteiger partial charge in [0.1, 0.15) is 0 Å². The van der Waals surface area contributed by atoms with Gasteiger partial charge in [0.15, 0.2) is 5.75 Å². The Hall–Kier alpha value is -1.82.